The fraction of sp³-hybridized carbons (Fsp3) is 0.200. The molecule has 10 heteroatoms. The lowest BCUT2D eigenvalue weighted by molar-refractivity contribution is 0.0821. The number of hydrogen-bond donors (Lipinski definition) is 0. The lowest BCUT2D eigenvalue weighted by Gasteiger charge is -2.26. The molecule has 0 saturated carbocycles. The molecule has 0 aliphatic carbocycles. The second-order valence-corrected chi connectivity index (χ2v) is 8.35. The van der Waals surface area contributed by atoms with Gasteiger partial charge in [0.1, 0.15) is 6.61 Å². The summed E-state index contributed by atoms with van der Waals surface area (Å²) in [6.07, 6.45) is 3.15. The Morgan fingerprint density at radius 2 is 2.17 bits per heavy atom. The number of rotatable bonds is 6. The number of nitrogens with zero attached hydrogens (tertiary/aromatic N) is 5. The molecule has 1 aromatic carbocycles. The summed E-state index contributed by atoms with van der Waals surface area (Å²) in [6, 6.07) is 9.11. The van der Waals surface area contributed by atoms with Crippen LogP contribution in [0.3, 0.4) is 0 Å². The maximum atomic E-state index is 12.2. The van der Waals surface area contributed by atoms with E-state index in [9.17, 15) is 4.79 Å². The zero-order valence-electron chi connectivity index (χ0n) is 15.8. The quantitative estimate of drug-likeness (QED) is 0.337. The molecule has 3 aromatic heterocycles. The van der Waals surface area contributed by atoms with Crippen molar-refractivity contribution in [2.45, 2.75) is 23.6 Å². The molecule has 4 aromatic rings. The van der Waals surface area contributed by atoms with Gasteiger partial charge in [-0.2, -0.15) is 0 Å². The van der Waals surface area contributed by atoms with Gasteiger partial charge >= 0.3 is 0 Å². The van der Waals surface area contributed by atoms with Crippen molar-refractivity contribution in [2.24, 2.45) is 0 Å². The fourth-order valence-electron chi connectivity index (χ4n) is 3.19. The SMILES string of the molecule is C=CCn1c(SCc2cc(=O)n3ccsc3n2)nnc1[C@H]1COc2ccccc2O1. The molecule has 8 nitrogen and oxygen atoms in total. The first-order chi connectivity index (χ1) is 14.7. The maximum absolute atomic E-state index is 12.2. The minimum atomic E-state index is -0.369. The van der Waals surface area contributed by atoms with Crippen molar-refractivity contribution in [1.29, 1.82) is 0 Å². The van der Waals surface area contributed by atoms with E-state index < -0.39 is 0 Å². The summed E-state index contributed by atoms with van der Waals surface area (Å²) < 4.78 is 15.4. The van der Waals surface area contributed by atoms with Crippen LogP contribution < -0.4 is 15.0 Å². The highest BCUT2D eigenvalue weighted by atomic mass is 32.2. The van der Waals surface area contributed by atoms with Crippen LogP contribution >= 0.6 is 23.1 Å². The first-order valence-corrected chi connectivity index (χ1v) is 11.1. The molecule has 5 rings (SSSR count). The van der Waals surface area contributed by atoms with Crippen molar-refractivity contribution in [2.75, 3.05) is 6.61 Å². The number of allylic oxidation sites excluding steroid dienone is 1. The van der Waals surface area contributed by atoms with E-state index >= 15 is 0 Å². The van der Waals surface area contributed by atoms with Crippen molar-refractivity contribution in [3.63, 3.8) is 0 Å². The van der Waals surface area contributed by atoms with Gasteiger partial charge in [0.2, 0.25) is 0 Å². The van der Waals surface area contributed by atoms with Crippen molar-refractivity contribution >= 4 is 28.1 Å². The summed E-state index contributed by atoms with van der Waals surface area (Å²) in [5.41, 5.74) is 0.616. The third-order valence-electron chi connectivity index (χ3n) is 4.56. The van der Waals surface area contributed by atoms with E-state index in [1.165, 1.54) is 27.5 Å². The van der Waals surface area contributed by atoms with Crippen LogP contribution in [0.15, 0.2) is 64.5 Å². The number of para-hydroxylation sites is 2. The normalized spacial score (nSPS) is 15.4. The van der Waals surface area contributed by atoms with E-state index in [-0.39, 0.29) is 11.7 Å². The lowest BCUT2D eigenvalue weighted by Crippen LogP contribution is -2.25. The monoisotopic (exact) mass is 439 g/mol. The molecule has 0 bridgehead atoms. The lowest BCUT2D eigenvalue weighted by atomic mass is 10.2. The molecule has 1 aliphatic heterocycles. The molecule has 1 aliphatic rings. The van der Waals surface area contributed by atoms with E-state index in [1.807, 2.05) is 34.2 Å². The predicted molar refractivity (Wildman–Crippen MR) is 114 cm³/mol. The minimum Gasteiger partial charge on any atom is -0.485 e. The minimum absolute atomic E-state index is 0.0866. The molecule has 1 atom stereocenters. The van der Waals surface area contributed by atoms with Gasteiger partial charge in [-0.15, -0.1) is 28.1 Å². The van der Waals surface area contributed by atoms with Crippen LogP contribution in [0.1, 0.15) is 17.6 Å². The highest BCUT2D eigenvalue weighted by Gasteiger charge is 2.28. The Morgan fingerprint density at radius 3 is 3.03 bits per heavy atom. The smallest absolute Gasteiger partial charge is 0.258 e. The average Bonchev–Trinajstić information content (AvgIpc) is 3.40. The van der Waals surface area contributed by atoms with Gasteiger partial charge in [0.05, 0.1) is 5.69 Å². The number of hydrogen-bond acceptors (Lipinski definition) is 8. The number of fused-ring (bicyclic) bond motifs is 2. The number of benzene rings is 1. The fourth-order valence-corrected chi connectivity index (χ4v) is 4.78. The molecule has 30 heavy (non-hydrogen) atoms. The summed E-state index contributed by atoms with van der Waals surface area (Å²) in [5, 5.41) is 11.3. The van der Waals surface area contributed by atoms with Crippen molar-refractivity contribution in [3.05, 3.63) is 76.4 Å². The largest absolute Gasteiger partial charge is 0.485 e. The van der Waals surface area contributed by atoms with Crippen LogP contribution in [0.4, 0.5) is 0 Å². The number of ether oxygens (including phenoxy) is 2. The third-order valence-corrected chi connectivity index (χ3v) is 6.32. The Balaban J connectivity index is 1.39. The Labute approximate surface area is 179 Å². The Morgan fingerprint density at radius 1 is 1.30 bits per heavy atom. The zero-order valence-corrected chi connectivity index (χ0v) is 17.4. The van der Waals surface area contributed by atoms with E-state index in [2.05, 4.69) is 21.8 Å². The molecule has 0 spiro atoms. The number of aromatic nitrogens is 5. The summed E-state index contributed by atoms with van der Waals surface area (Å²) in [4.78, 5) is 17.4. The highest BCUT2D eigenvalue weighted by Crippen LogP contribution is 2.36. The molecule has 0 amide bonds. The van der Waals surface area contributed by atoms with Crippen LogP contribution in [0.2, 0.25) is 0 Å². The van der Waals surface area contributed by atoms with Crippen molar-refractivity contribution < 1.29 is 9.47 Å². The molecule has 4 heterocycles. The van der Waals surface area contributed by atoms with E-state index in [0.717, 1.165) is 5.75 Å². The number of thiazole rings is 1. The average molecular weight is 440 g/mol. The standard InChI is InChI=1S/C20H17N5O3S2/c1-2-7-25-18(16-11-27-14-5-3-4-6-15(14)28-16)22-23-20(25)30-12-13-10-17(26)24-8-9-29-19(24)21-13/h2-6,8-10,16H,1,7,11-12H2/t16-/m1/s1. The molecule has 0 unspecified atom stereocenters. The number of thioether (sulfide) groups is 1. The van der Waals surface area contributed by atoms with Crippen LogP contribution in [-0.2, 0) is 12.3 Å². The predicted octanol–water partition coefficient (Wildman–Crippen LogP) is 3.34. The van der Waals surface area contributed by atoms with E-state index in [4.69, 9.17) is 9.47 Å². The van der Waals surface area contributed by atoms with Crippen LogP contribution in [0.5, 0.6) is 11.5 Å². The molecule has 0 N–H and O–H groups in total. The molecule has 0 radical (unpaired) electrons. The summed E-state index contributed by atoms with van der Waals surface area (Å²) in [5.74, 6) is 2.59. The van der Waals surface area contributed by atoms with Gasteiger partial charge in [-0.3, -0.25) is 13.8 Å². The molecular weight excluding hydrogens is 422 g/mol. The van der Waals surface area contributed by atoms with Gasteiger partial charge < -0.3 is 9.47 Å². The van der Waals surface area contributed by atoms with Crippen molar-refractivity contribution in [3.8, 4) is 11.5 Å². The molecule has 0 saturated heterocycles. The topological polar surface area (TPSA) is 83.5 Å². The third kappa shape index (κ3) is 3.48. The van der Waals surface area contributed by atoms with Gasteiger partial charge in [0.15, 0.2) is 33.5 Å². The van der Waals surface area contributed by atoms with Crippen LogP contribution in [0.25, 0.3) is 4.96 Å². The first-order valence-electron chi connectivity index (χ1n) is 9.24. The van der Waals surface area contributed by atoms with Crippen LogP contribution in [-0.4, -0.2) is 30.8 Å². The summed E-state index contributed by atoms with van der Waals surface area (Å²) in [7, 11) is 0. The van der Waals surface area contributed by atoms with Crippen molar-refractivity contribution in [1.82, 2.24) is 24.1 Å². The second kappa shape index (κ2) is 7.96. The van der Waals surface area contributed by atoms with Crippen LogP contribution in [0, 0.1) is 0 Å². The zero-order chi connectivity index (χ0) is 20.5. The van der Waals surface area contributed by atoms with E-state index in [1.54, 1.807) is 18.3 Å². The Hall–Kier alpha value is -3.11. The first kappa shape index (κ1) is 18.9. The highest BCUT2D eigenvalue weighted by molar-refractivity contribution is 7.98. The molecule has 0 fully saturated rings. The van der Waals surface area contributed by atoms with Gasteiger partial charge in [-0.1, -0.05) is 30.0 Å². The molecule has 152 valence electrons. The van der Waals surface area contributed by atoms with E-state index in [0.29, 0.717) is 46.3 Å². The van der Waals surface area contributed by atoms with Gasteiger partial charge in [0, 0.05) is 29.9 Å². The second-order valence-electron chi connectivity index (χ2n) is 6.53. The van der Waals surface area contributed by atoms with Gasteiger partial charge in [-0.05, 0) is 12.1 Å². The Bertz CT molecular complexity index is 1280. The summed E-state index contributed by atoms with van der Waals surface area (Å²) >= 11 is 2.90. The maximum Gasteiger partial charge on any atom is 0.258 e. The van der Waals surface area contributed by atoms with Gasteiger partial charge in [-0.25, -0.2) is 4.98 Å². The summed E-state index contributed by atoms with van der Waals surface area (Å²) in [6.45, 7) is 4.73. The van der Waals surface area contributed by atoms with Gasteiger partial charge in [0.25, 0.3) is 5.56 Å². The molecular formula is C20H17N5O3S2. The Kier molecular flexibility index (Phi) is 5.01.